The van der Waals surface area contributed by atoms with Crippen LogP contribution in [0.3, 0.4) is 0 Å². The molecule has 0 aliphatic rings. The minimum absolute atomic E-state index is 0.0397. The van der Waals surface area contributed by atoms with Gasteiger partial charge in [-0.3, -0.25) is 0 Å². The smallest absolute Gasteiger partial charge is 0.241 e. The molecule has 0 saturated carbocycles. The number of halogens is 1. The minimum Gasteiger partial charge on any atom is -0.487 e. The highest BCUT2D eigenvalue weighted by Gasteiger charge is 2.18. The molecule has 0 aliphatic heterocycles. The normalized spacial score (nSPS) is 11.4. The third kappa shape index (κ3) is 3.80. The maximum atomic E-state index is 12.8. The minimum atomic E-state index is -3.87. The van der Waals surface area contributed by atoms with Crippen LogP contribution in [-0.2, 0) is 16.6 Å². The summed E-state index contributed by atoms with van der Waals surface area (Å²) in [5.41, 5.74) is 2.20. The van der Waals surface area contributed by atoms with E-state index in [1.54, 1.807) is 26.0 Å². The van der Waals surface area contributed by atoms with Crippen LogP contribution in [0.2, 0.25) is 0 Å². The summed E-state index contributed by atoms with van der Waals surface area (Å²) in [7, 11) is -3.87. The summed E-state index contributed by atoms with van der Waals surface area (Å²) in [5, 5.41) is 5.23. The SMILES string of the molecule is Cc1cc(C)c(OCc2ccc(F)cc2)c(S(N)(=O)=O)c1. The first kappa shape index (κ1) is 15.5. The molecule has 2 rings (SSSR count). The van der Waals surface area contributed by atoms with Gasteiger partial charge in [0.25, 0.3) is 0 Å². The first-order valence-corrected chi connectivity index (χ1v) is 7.83. The van der Waals surface area contributed by atoms with Crippen LogP contribution >= 0.6 is 0 Å². The van der Waals surface area contributed by atoms with Gasteiger partial charge in [-0.25, -0.2) is 17.9 Å². The van der Waals surface area contributed by atoms with Crippen LogP contribution in [0.4, 0.5) is 4.39 Å². The van der Waals surface area contributed by atoms with Crippen LogP contribution in [0.15, 0.2) is 41.3 Å². The molecule has 2 aromatic rings. The number of hydrogen-bond acceptors (Lipinski definition) is 3. The Morgan fingerprint density at radius 3 is 2.33 bits per heavy atom. The number of benzene rings is 2. The molecule has 0 amide bonds. The van der Waals surface area contributed by atoms with Gasteiger partial charge in [-0.2, -0.15) is 0 Å². The van der Waals surface area contributed by atoms with Crippen molar-refractivity contribution in [2.75, 3.05) is 0 Å². The largest absolute Gasteiger partial charge is 0.487 e. The van der Waals surface area contributed by atoms with Crippen LogP contribution in [-0.4, -0.2) is 8.42 Å². The average Bonchev–Trinajstić information content (AvgIpc) is 2.38. The van der Waals surface area contributed by atoms with E-state index < -0.39 is 10.0 Å². The van der Waals surface area contributed by atoms with Crippen LogP contribution in [0.25, 0.3) is 0 Å². The van der Waals surface area contributed by atoms with Gasteiger partial charge < -0.3 is 4.74 Å². The molecule has 0 fully saturated rings. The number of rotatable bonds is 4. The Kier molecular flexibility index (Phi) is 4.29. The van der Waals surface area contributed by atoms with E-state index >= 15 is 0 Å². The van der Waals surface area contributed by atoms with Gasteiger partial charge in [0.2, 0.25) is 10.0 Å². The zero-order chi connectivity index (χ0) is 15.6. The van der Waals surface area contributed by atoms with Crippen molar-refractivity contribution >= 4 is 10.0 Å². The molecule has 0 saturated heterocycles. The lowest BCUT2D eigenvalue weighted by atomic mass is 10.1. The number of primary sulfonamides is 1. The monoisotopic (exact) mass is 309 g/mol. The van der Waals surface area contributed by atoms with Gasteiger partial charge in [0.05, 0.1) is 0 Å². The Hall–Kier alpha value is -1.92. The first-order chi connectivity index (χ1) is 9.77. The van der Waals surface area contributed by atoms with Crippen LogP contribution < -0.4 is 9.88 Å². The molecule has 0 radical (unpaired) electrons. The topological polar surface area (TPSA) is 69.4 Å². The Bertz CT molecular complexity index is 755. The van der Waals surface area contributed by atoms with Crippen molar-refractivity contribution in [1.82, 2.24) is 0 Å². The molecule has 6 heteroatoms. The fourth-order valence-electron chi connectivity index (χ4n) is 2.05. The average molecular weight is 309 g/mol. The number of ether oxygens (including phenoxy) is 1. The van der Waals surface area contributed by atoms with E-state index in [9.17, 15) is 12.8 Å². The van der Waals surface area contributed by atoms with Crippen LogP contribution in [0, 0.1) is 19.7 Å². The standard InChI is InChI=1S/C15H16FNO3S/c1-10-7-11(2)15(14(8-10)21(17,18)19)20-9-12-3-5-13(16)6-4-12/h3-8H,9H2,1-2H3,(H2,17,18,19). The number of nitrogens with two attached hydrogens (primary N) is 1. The van der Waals surface area contributed by atoms with Crippen molar-refractivity contribution in [3.05, 3.63) is 58.9 Å². The third-order valence-corrected chi connectivity index (χ3v) is 3.90. The molecule has 2 N–H and O–H groups in total. The van der Waals surface area contributed by atoms with Crippen molar-refractivity contribution in [3.63, 3.8) is 0 Å². The Morgan fingerprint density at radius 1 is 1.14 bits per heavy atom. The van der Waals surface area contributed by atoms with E-state index in [1.807, 2.05) is 6.07 Å². The summed E-state index contributed by atoms with van der Waals surface area (Å²) >= 11 is 0. The maximum Gasteiger partial charge on any atom is 0.241 e. The number of aryl methyl sites for hydroxylation is 2. The van der Waals surface area contributed by atoms with Gasteiger partial charge in [0.1, 0.15) is 23.1 Å². The third-order valence-electron chi connectivity index (χ3n) is 2.99. The summed E-state index contributed by atoms with van der Waals surface area (Å²) in [6.07, 6.45) is 0. The zero-order valence-electron chi connectivity index (χ0n) is 11.8. The highest BCUT2D eigenvalue weighted by Crippen LogP contribution is 2.29. The first-order valence-electron chi connectivity index (χ1n) is 6.28. The number of hydrogen-bond donors (Lipinski definition) is 1. The summed E-state index contributed by atoms with van der Waals surface area (Å²) < 4.78 is 41.8. The molecular weight excluding hydrogens is 293 g/mol. The quantitative estimate of drug-likeness (QED) is 0.944. The highest BCUT2D eigenvalue weighted by atomic mass is 32.2. The van der Waals surface area contributed by atoms with Gasteiger partial charge >= 0.3 is 0 Å². The second kappa shape index (κ2) is 5.83. The molecule has 0 aliphatic carbocycles. The summed E-state index contributed by atoms with van der Waals surface area (Å²) in [6, 6.07) is 9.09. The molecule has 4 nitrogen and oxygen atoms in total. The van der Waals surface area contributed by atoms with Crippen LogP contribution in [0.1, 0.15) is 16.7 Å². The van der Waals surface area contributed by atoms with E-state index in [4.69, 9.17) is 9.88 Å². The molecule has 0 atom stereocenters. The summed E-state index contributed by atoms with van der Waals surface area (Å²) in [5.74, 6) is -0.108. The Balaban J connectivity index is 2.33. The lowest BCUT2D eigenvalue weighted by molar-refractivity contribution is 0.295. The maximum absolute atomic E-state index is 12.8. The van der Waals surface area contributed by atoms with Crippen molar-refractivity contribution in [3.8, 4) is 5.75 Å². The lowest BCUT2D eigenvalue weighted by Gasteiger charge is -2.14. The fraction of sp³-hybridized carbons (Fsp3) is 0.200. The number of sulfonamides is 1. The molecule has 0 heterocycles. The van der Waals surface area contributed by atoms with Gasteiger partial charge in [-0.1, -0.05) is 18.2 Å². The Labute approximate surface area is 123 Å². The van der Waals surface area contributed by atoms with Gasteiger partial charge in [-0.05, 0) is 48.7 Å². The van der Waals surface area contributed by atoms with Crippen molar-refractivity contribution in [1.29, 1.82) is 0 Å². The van der Waals surface area contributed by atoms with Crippen molar-refractivity contribution < 1.29 is 17.5 Å². The fourth-order valence-corrected chi connectivity index (χ4v) is 2.88. The summed E-state index contributed by atoms with van der Waals surface area (Å²) in [4.78, 5) is -0.0397. The molecular formula is C15H16FNO3S. The van der Waals surface area contributed by atoms with E-state index in [-0.39, 0.29) is 23.1 Å². The zero-order valence-corrected chi connectivity index (χ0v) is 12.6. The van der Waals surface area contributed by atoms with E-state index in [1.165, 1.54) is 18.2 Å². The molecule has 2 aromatic carbocycles. The molecule has 0 aromatic heterocycles. The molecule has 0 bridgehead atoms. The van der Waals surface area contributed by atoms with E-state index in [0.717, 1.165) is 11.1 Å². The molecule has 0 spiro atoms. The second-order valence-corrected chi connectivity index (χ2v) is 6.40. The Morgan fingerprint density at radius 2 is 1.76 bits per heavy atom. The molecule has 112 valence electrons. The van der Waals surface area contributed by atoms with Crippen molar-refractivity contribution in [2.45, 2.75) is 25.3 Å². The predicted octanol–water partition coefficient (Wildman–Crippen LogP) is 2.67. The van der Waals surface area contributed by atoms with E-state index in [2.05, 4.69) is 0 Å². The van der Waals surface area contributed by atoms with Gasteiger partial charge in [0.15, 0.2) is 0 Å². The molecule has 0 unspecified atom stereocenters. The van der Waals surface area contributed by atoms with Crippen LogP contribution in [0.5, 0.6) is 5.75 Å². The highest BCUT2D eigenvalue weighted by molar-refractivity contribution is 7.89. The molecule has 21 heavy (non-hydrogen) atoms. The van der Waals surface area contributed by atoms with Gasteiger partial charge in [-0.15, -0.1) is 0 Å². The second-order valence-electron chi connectivity index (χ2n) is 4.87. The van der Waals surface area contributed by atoms with E-state index in [0.29, 0.717) is 5.56 Å². The lowest BCUT2D eigenvalue weighted by Crippen LogP contribution is -2.15. The summed E-state index contributed by atoms with van der Waals surface area (Å²) in [6.45, 7) is 3.67. The van der Waals surface area contributed by atoms with Crippen molar-refractivity contribution in [2.24, 2.45) is 5.14 Å². The predicted molar refractivity (Wildman–Crippen MR) is 78.0 cm³/mol. The van der Waals surface area contributed by atoms with Gasteiger partial charge in [0, 0.05) is 0 Å².